The average Bonchev–Trinajstić information content (AvgIpc) is 3.34. The minimum Gasteiger partial charge on any atom is -0.497 e. The van der Waals surface area contributed by atoms with Gasteiger partial charge in [0.15, 0.2) is 0 Å². The second kappa shape index (κ2) is 9.92. The number of benzene rings is 1. The number of halogens is 1. The molecule has 1 spiro atoms. The maximum Gasteiger partial charge on any atom is 0.410 e. The van der Waals surface area contributed by atoms with Crippen molar-refractivity contribution < 1.29 is 23.8 Å². The Bertz CT molecular complexity index is 1350. The molecule has 1 fully saturated rings. The van der Waals surface area contributed by atoms with E-state index in [0.29, 0.717) is 35.7 Å². The zero-order valence-electron chi connectivity index (χ0n) is 21.8. The van der Waals surface area contributed by atoms with E-state index in [1.54, 1.807) is 35.2 Å². The molecule has 0 bridgehead atoms. The van der Waals surface area contributed by atoms with Crippen LogP contribution in [0.3, 0.4) is 0 Å². The van der Waals surface area contributed by atoms with Gasteiger partial charge in [0.1, 0.15) is 17.0 Å². The number of hydrogen-bond acceptors (Lipinski definition) is 7. The van der Waals surface area contributed by atoms with Gasteiger partial charge in [-0.25, -0.2) is 14.8 Å². The van der Waals surface area contributed by atoms with Gasteiger partial charge in [-0.05, 0) is 62.2 Å². The number of carbonyl (C=O) groups excluding carboxylic acids is 2. The van der Waals surface area contributed by atoms with Gasteiger partial charge in [0.2, 0.25) is 5.28 Å². The van der Waals surface area contributed by atoms with Crippen LogP contribution in [-0.4, -0.2) is 75.7 Å². The van der Waals surface area contributed by atoms with E-state index in [4.69, 9.17) is 25.8 Å². The molecular formula is C27H30ClN5O5. The lowest BCUT2D eigenvalue weighted by Crippen LogP contribution is -2.60. The third-order valence-electron chi connectivity index (χ3n) is 6.51. The van der Waals surface area contributed by atoms with Gasteiger partial charge in [0.05, 0.1) is 49.5 Å². The van der Waals surface area contributed by atoms with Crippen molar-refractivity contribution in [3.63, 3.8) is 0 Å². The molecule has 1 atom stereocenters. The largest absolute Gasteiger partial charge is 0.497 e. The number of amides is 2. The second-order valence-electron chi connectivity index (χ2n) is 10.4. The molecule has 2 aromatic heterocycles. The van der Waals surface area contributed by atoms with Gasteiger partial charge in [-0.3, -0.25) is 4.79 Å². The van der Waals surface area contributed by atoms with Gasteiger partial charge >= 0.3 is 6.09 Å². The van der Waals surface area contributed by atoms with Crippen molar-refractivity contribution in [3.8, 4) is 17.1 Å². The van der Waals surface area contributed by atoms with Crippen molar-refractivity contribution in [1.29, 1.82) is 0 Å². The van der Waals surface area contributed by atoms with Crippen molar-refractivity contribution in [1.82, 2.24) is 24.8 Å². The molecule has 1 N–H and O–H groups in total. The number of nitrogens with zero attached hydrogens (tertiary/aromatic N) is 4. The first kappa shape index (κ1) is 26.0. The molecule has 5 rings (SSSR count). The van der Waals surface area contributed by atoms with Gasteiger partial charge in [-0.2, -0.15) is 0 Å². The quantitative estimate of drug-likeness (QED) is 0.493. The lowest BCUT2D eigenvalue weighted by Gasteiger charge is -2.47. The second-order valence-corrected chi connectivity index (χ2v) is 10.8. The molecule has 2 aliphatic rings. The van der Waals surface area contributed by atoms with Gasteiger partial charge in [-0.15, -0.1) is 0 Å². The molecule has 38 heavy (non-hydrogen) atoms. The van der Waals surface area contributed by atoms with E-state index >= 15 is 0 Å². The van der Waals surface area contributed by atoms with Crippen LogP contribution in [0, 0.1) is 0 Å². The first-order valence-electron chi connectivity index (χ1n) is 12.3. The maximum atomic E-state index is 13.7. The van der Waals surface area contributed by atoms with Gasteiger partial charge in [-0.1, -0.05) is 12.1 Å². The highest BCUT2D eigenvalue weighted by Crippen LogP contribution is 2.40. The zero-order chi connectivity index (χ0) is 27.1. The third kappa shape index (κ3) is 5.19. The number of rotatable bonds is 4. The van der Waals surface area contributed by atoms with Gasteiger partial charge < -0.3 is 29.0 Å². The van der Waals surface area contributed by atoms with Crippen LogP contribution >= 0.6 is 11.6 Å². The summed E-state index contributed by atoms with van der Waals surface area (Å²) in [6.45, 7) is 6.99. The van der Waals surface area contributed by atoms with E-state index in [2.05, 4.69) is 15.0 Å². The van der Waals surface area contributed by atoms with Gasteiger partial charge in [0.25, 0.3) is 5.91 Å². The first-order valence-corrected chi connectivity index (χ1v) is 12.7. The highest BCUT2D eigenvalue weighted by atomic mass is 35.5. The molecule has 1 aromatic carbocycles. The monoisotopic (exact) mass is 539 g/mol. The standard InChI is InChI=1S/C27H30ClN5O5/c1-26(2,3)38-25(35)32-11-12-37-27(15-32)16-33(14-17-5-7-18(36-4)8-6-17)23(34)19-13-21(30-22(19)27)20-9-10-29-24(28)31-20/h5-10,13,30H,11-12,14-16H2,1-4H3. The molecule has 4 heterocycles. The SMILES string of the molecule is COc1ccc(CN2CC3(CN(C(=O)OC(C)(C)C)CCO3)c3[nH]c(-c4ccnc(Cl)n4)cc3C2=O)cc1. The Morgan fingerprint density at radius 3 is 2.66 bits per heavy atom. The summed E-state index contributed by atoms with van der Waals surface area (Å²) in [7, 11) is 1.61. The average molecular weight is 540 g/mol. The number of ether oxygens (including phenoxy) is 3. The summed E-state index contributed by atoms with van der Waals surface area (Å²) in [6.07, 6.45) is 1.13. The lowest BCUT2D eigenvalue weighted by molar-refractivity contribution is -0.129. The Hall–Kier alpha value is -3.63. The fraction of sp³-hybridized carbons (Fsp3) is 0.407. The molecule has 11 heteroatoms. The first-order chi connectivity index (χ1) is 18.1. The fourth-order valence-corrected chi connectivity index (χ4v) is 4.97. The van der Waals surface area contributed by atoms with Crippen molar-refractivity contribution in [2.45, 2.75) is 38.5 Å². The molecule has 2 amide bonds. The Balaban J connectivity index is 1.53. The Kier molecular flexibility index (Phi) is 6.79. The van der Waals surface area contributed by atoms with E-state index < -0.39 is 17.3 Å². The van der Waals surface area contributed by atoms with Crippen LogP contribution in [0.4, 0.5) is 4.79 Å². The zero-order valence-corrected chi connectivity index (χ0v) is 22.5. The molecular weight excluding hydrogens is 510 g/mol. The molecule has 3 aromatic rings. The number of aromatic amines is 1. The van der Waals surface area contributed by atoms with E-state index in [1.165, 1.54) is 0 Å². The molecule has 10 nitrogen and oxygen atoms in total. The lowest BCUT2D eigenvalue weighted by atomic mass is 9.89. The normalized spacial score (nSPS) is 19.4. The molecule has 0 radical (unpaired) electrons. The van der Waals surface area contributed by atoms with Crippen LogP contribution in [-0.2, 0) is 21.6 Å². The fourth-order valence-electron chi connectivity index (χ4n) is 4.83. The molecule has 0 aliphatic carbocycles. The van der Waals surface area contributed by atoms with E-state index in [9.17, 15) is 9.59 Å². The summed E-state index contributed by atoms with van der Waals surface area (Å²) in [5, 5.41) is 0.0993. The van der Waals surface area contributed by atoms with Crippen molar-refractivity contribution in [2.75, 3.05) is 33.4 Å². The number of H-pyrrole nitrogens is 1. The summed E-state index contributed by atoms with van der Waals surface area (Å²) < 4.78 is 17.3. The Labute approximate surface area is 225 Å². The third-order valence-corrected chi connectivity index (χ3v) is 6.69. The molecule has 2 aliphatic heterocycles. The maximum absolute atomic E-state index is 13.7. The summed E-state index contributed by atoms with van der Waals surface area (Å²) in [6, 6.07) is 11.0. The number of fused-ring (bicyclic) bond motifs is 2. The van der Waals surface area contributed by atoms with Crippen LogP contribution < -0.4 is 4.74 Å². The smallest absolute Gasteiger partial charge is 0.410 e. The Morgan fingerprint density at radius 1 is 1.21 bits per heavy atom. The van der Waals surface area contributed by atoms with Crippen molar-refractivity contribution in [2.24, 2.45) is 0 Å². The molecule has 200 valence electrons. The summed E-state index contributed by atoms with van der Waals surface area (Å²) >= 11 is 6.03. The Morgan fingerprint density at radius 2 is 1.97 bits per heavy atom. The number of morpholine rings is 1. The molecule has 1 unspecified atom stereocenters. The van der Waals surface area contributed by atoms with Gasteiger partial charge in [0, 0.05) is 19.3 Å². The predicted octanol–water partition coefficient (Wildman–Crippen LogP) is 4.25. The molecule has 0 saturated carbocycles. The van der Waals surface area contributed by atoms with Crippen LogP contribution in [0.2, 0.25) is 5.28 Å². The number of carbonyl (C=O) groups is 2. The van der Waals surface area contributed by atoms with Crippen LogP contribution in [0.25, 0.3) is 11.4 Å². The van der Waals surface area contributed by atoms with Crippen LogP contribution in [0.5, 0.6) is 5.75 Å². The van der Waals surface area contributed by atoms with E-state index in [1.807, 2.05) is 45.0 Å². The minimum atomic E-state index is -0.986. The number of methoxy groups -OCH3 is 1. The summed E-state index contributed by atoms with van der Waals surface area (Å²) in [5.74, 6) is 0.585. The highest BCUT2D eigenvalue weighted by molar-refractivity contribution is 6.28. The topological polar surface area (TPSA) is 110 Å². The minimum absolute atomic E-state index is 0.0993. The van der Waals surface area contributed by atoms with Crippen molar-refractivity contribution >= 4 is 23.6 Å². The van der Waals surface area contributed by atoms with Crippen LogP contribution in [0.15, 0.2) is 42.6 Å². The van der Waals surface area contributed by atoms with E-state index in [-0.39, 0.29) is 30.9 Å². The number of nitrogens with one attached hydrogen (secondary N) is 1. The highest BCUT2D eigenvalue weighted by Gasteiger charge is 2.50. The van der Waals surface area contributed by atoms with E-state index in [0.717, 1.165) is 11.3 Å². The summed E-state index contributed by atoms with van der Waals surface area (Å²) in [4.78, 5) is 41.8. The summed E-state index contributed by atoms with van der Waals surface area (Å²) in [5.41, 5.74) is 1.53. The van der Waals surface area contributed by atoms with Crippen LogP contribution in [0.1, 0.15) is 42.4 Å². The number of aromatic nitrogens is 3. The van der Waals surface area contributed by atoms with Crippen molar-refractivity contribution in [3.05, 3.63) is 64.7 Å². The predicted molar refractivity (Wildman–Crippen MR) is 140 cm³/mol. The molecule has 1 saturated heterocycles. The number of hydrogen-bond donors (Lipinski definition) is 1.